The number of ether oxygens (including phenoxy) is 1. The van der Waals surface area contributed by atoms with Crippen LogP contribution in [0.15, 0.2) is 30.3 Å². The van der Waals surface area contributed by atoms with Crippen LogP contribution in [-0.2, 0) is 9.59 Å². The predicted octanol–water partition coefficient (Wildman–Crippen LogP) is 2.27. The number of benzene rings is 1. The average Bonchev–Trinajstić information content (AvgIpc) is 2.54. The molecule has 124 valence electrons. The molecular formula is C18H24N2O3. The van der Waals surface area contributed by atoms with E-state index in [4.69, 9.17) is 4.74 Å². The first kappa shape index (κ1) is 17.2. The Balaban J connectivity index is 1.99. The molecule has 2 N–H and O–H groups in total. The van der Waals surface area contributed by atoms with Gasteiger partial charge in [-0.25, -0.2) is 0 Å². The van der Waals surface area contributed by atoms with Crippen molar-refractivity contribution in [2.75, 3.05) is 7.05 Å². The molecule has 5 heteroatoms. The monoisotopic (exact) mass is 316 g/mol. The predicted molar refractivity (Wildman–Crippen MR) is 90.0 cm³/mol. The van der Waals surface area contributed by atoms with Crippen LogP contribution in [0.4, 0.5) is 0 Å². The van der Waals surface area contributed by atoms with Crippen LogP contribution in [0.1, 0.15) is 38.2 Å². The Bertz CT molecular complexity index is 583. The molecule has 0 bridgehead atoms. The summed E-state index contributed by atoms with van der Waals surface area (Å²) in [4.78, 5) is 23.2. The summed E-state index contributed by atoms with van der Waals surface area (Å²) in [7, 11) is 1.93. The maximum Gasteiger partial charge on any atom is 0.308 e. The zero-order valence-corrected chi connectivity index (χ0v) is 13.7. The van der Waals surface area contributed by atoms with Gasteiger partial charge in [-0.1, -0.05) is 31.0 Å². The number of rotatable bonds is 5. The van der Waals surface area contributed by atoms with Crippen molar-refractivity contribution in [2.24, 2.45) is 0 Å². The van der Waals surface area contributed by atoms with E-state index in [0.717, 1.165) is 19.3 Å². The van der Waals surface area contributed by atoms with E-state index in [-0.39, 0.29) is 17.9 Å². The first-order valence-electron chi connectivity index (χ1n) is 8.03. The Hall–Kier alpha value is -2.14. The molecule has 1 aromatic rings. The first-order valence-corrected chi connectivity index (χ1v) is 8.03. The van der Waals surface area contributed by atoms with Crippen LogP contribution in [0, 0.1) is 0 Å². The van der Waals surface area contributed by atoms with Gasteiger partial charge in [0, 0.05) is 30.6 Å². The molecule has 1 saturated carbocycles. The smallest absolute Gasteiger partial charge is 0.308 e. The summed E-state index contributed by atoms with van der Waals surface area (Å²) in [5, 5.41) is 6.32. The Morgan fingerprint density at radius 2 is 1.87 bits per heavy atom. The fourth-order valence-corrected chi connectivity index (χ4v) is 2.91. The van der Waals surface area contributed by atoms with Gasteiger partial charge in [0.1, 0.15) is 5.75 Å². The van der Waals surface area contributed by atoms with Gasteiger partial charge >= 0.3 is 5.97 Å². The molecule has 1 fully saturated rings. The van der Waals surface area contributed by atoms with Gasteiger partial charge in [0.2, 0.25) is 5.91 Å². The lowest BCUT2D eigenvalue weighted by Gasteiger charge is -2.31. The second-order valence-corrected chi connectivity index (χ2v) is 5.76. The van der Waals surface area contributed by atoms with E-state index >= 15 is 0 Å². The van der Waals surface area contributed by atoms with E-state index < -0.39 is 0 Å². The fourth-order valence-electron chi connectivity index (χ4n) is 2.91. The number of esters is 1. The normalized spacial score (nSPS) is 21.1. The zero-order valence-electron chi connectivity index (χ0n) is 13.7. The van der Waals surface area contributed by atoms with Crippen LogP contribution in [0.5, 0.6) is 5.75 Å². The van der Waals surface area contributed by atoms with Crippen molar-refractivity contribution >= 4 is 18.0 Å². The standard InChI is InChI=1S/C18H24N2O3/c1-13(21)23-17-10-6-3-7-14(17)11-12-18(22)20-16-9-5-4-8-15(16)19-2/h3,6-7,10-12,15-16,19H,4-5,8-9H2,1-2H3,(H,20,22). The topological polar surface area (TPSA) is 67.4 Å². The Labute approximate surface area is 137 Å². The van der Waals surface area contributed by atoms with Crippen LogP contribution >= 0.6 is 0 Å². The SMILES string of the molecule is CNC1CCCCC1NC(=O)C=Cc1ccccc1OC(C)=O. The molecule has 23 heavy (non-hydrogen) atoms. The Morgan fingerprint density at radius 1 is 1.17 bits per heavy atom. The molecule has 0 saturated heterocycles. The molecule has 1 aliphatic rings. The molecule has 1 aromatic carbocycles. The lowest BCUT2D eigenvalue weighted by atomic mass is 9.90. The summed E-state index contributed by atoms with van der Waals surface area (Å²) in [5.41, 5.74) is 0.701. The largest absolute Gasteiger partial charge is 0.426 e. The minimum absolute atomic E-state index is 0.130. The molecule has 2 atom stereocenters. The highest BCUT2D eigenvalue weighted by Crippen LogP contribution is 2.20. The summed E-state index contributed by atoms with van der Waals surface area (Å²) in [6, 6.07) is 7.62. The third-order valence-corrected chi connectivity index (χ3v) is 4.05. The van der Waals surface area contributed by atoms with Crippen LogP contribution in [0.3, 0.4) is 0 Å². The van der Waals surface area contributed by atoms with Gasteiger partial charge in [0.05, 0.1) is 0 Å². The Kier molecular flexibility index (Phi) is 6.35. The number of nitrogens with one attached hydrogen (secondary N) is 2. The van der Waals surface area contributed by atoms with Gasteiger partial charge in [0.25, 0.3) is 0 Å². The number of para-hydroxylation sites is 1. The minimum Gasteiger partial charge on any atom is -0.426 e. The molecule has 5 nitrogen and oxygen atoms in total. The van der Waals surface area contributed by atoms with Crippen molar-refractivity contribution < 1.29 is 14.3 Å². The van der Waals surface area contributed by atoms with E-state index in [1.165, 1.54) is 19.4 Å². The summed E-state index contributed by atoms with van der Waals surface area (Å²) in [5.74, 6) is -0.0565. The second-order valence-electron chi connectivity index (χ2n) is 5.76. The van der Waals surface area contributed by atoms with Gasteiger partial charge in [-0.3, -0.25) is 9.59 Å². The van der Waals surface area contributed by atoms with Gasteiger partial charge in [-0.15, -0.1) is 0 Å². The molecule has 0 radical (unpaired) electrons. The van der Waals surface area contributed by atoms with E-state index in [0.29, 0.717) is 17.4 Å². The lowest BCUT2D eigenvalue weighted by Crippen LogP contribution is -2.50. The number of hydrogen-bond acceptors (Lipinski definition) is 4. The van der Waals surface area contributed by atoms with Crippen molar-refractivity contribution in [1.29, 1.82) is 0 Å². The molecule has 0 spiro atoms. The van der Waals surface area contributed by atoms with Crippen molar-refractivity contribution in [1.82, 2.24) is 10.6 Å². The lowest BCUT2D eigenvalue weighted by molar-refractivity contribution is -0.131. The van der Waals surface area contributed by atoms with Gasteiger partial charge < -0.3 is 15.4 Å². The third-order valence-electron chi connectivity index (χ3n) is 4.05. The quantitative estimate of drug-likeness (QED) is 0.497. The molecule has 2 rings (SSSR count). The molecule has 0 aromatic heterocycles. The van der Waals surface area contributed by atoms with E-state index in [1.54, 1.807) is 24.3 Å². The summed E-state index contributed by atoms with van der Waals surface area (Å²) in [6.07, 6.45) is 7.58. The maximum atomic E-state index is 12.1. The number of amides is 1. The Morgan fingerprint density at radius 3 is 2.57 bits per heavy atom. The molecule has 0 heterocycles. The molecule has 0 aliphatic heterocycles. The highest BCUT2D eigenvalue weighted by Gasteiger charge is 2.24. The third kappa shape index (κ3) is 5.21. The van der Waals surface area contributed by atoms with E-state index in [9.17, 15) is 9.59 Å². The number of hydrogen-bond donors (Lipinski definition) is 2. The van der Waals surface area contributed by atoms with Crippen molar-refractivity contribution in [2.45, 2.75) is 44.7 Å². The van der Waals surface area contributed by atoms with Gasteiger partial charge in [0.15, 0.2) is 0 Å². The van der Waals surface area contributed by atoms with E-state index in [1.807, 2.05) is 13.1 Å². The van der Waals surface area contributed by atoms with Crippen molar-refractivity contribution in [3.8, 4) is 5.75 Å². The first-order chi connectivity index (χ1) is 11.1. The average molecular weight is 316 g/mol. The van der Waals surface area contributed by atoms with Crippen molar-refractivity contribution in [3.63, 3.8) is 0 Å². The van der Waals surface area contributed by atoms with Crippen LogP contribution in [0.25, 0.3) is 6.08 Å². The maximum absolute atomic E-state index is 12.1. The van der Waals surface area contributed by atoms with Gasteiger partial charge in [-0.05, 0) is 32.0 Å². The highest BCUT2D eigenvalue weighted by molar-refractivity contribution is 5.92. The summed E-state index contributed by atoms with van der Waals surface area (Å²) >= 11 is 0. The van der Waals surface area contributed by atoms with Crippen molar-refractivity contribution in [3.05, 3.63) is 35.9 Å². The molecule has 1 amide bonds. The van der Waals surface area contributed by atoms with Crippen LogP contribution in [-0.4, -0.2) is 31.0 Å². The number of carbonyl (C=O) groups excluding carboxylic acids is 2. The highest BCUT2D eigenvalue weighted by atomic mass is 16.5. The molecular weight excluding hydrogens is 292 g/mol. The number of carbonyl (C=O) groups is 2. The summed E-state index contributed by atoms with van der Waals surface area (Å²) in [6.45, 7) is 1.36. The second kappa shape index (κ2) is 8.48. The minimum atomic E-state index is -0.380. The molecule has 1 aliphatic carbocycles. The fraction of sp³-hybridized carbons (Fsp3) is 0.444. The molecule has 2 unspecified atom stereocenters. The van der Waals surface area contributed by atoms with E-state index in [2.05, 4.69) is 10.6 Å². The van der Waals surface area contributed by atoms with Gasteiger partial charge in [-0.2, -0.15) is 0 Å². The number of likely N-dealkylation sites (N-methyl/N-ethyl adjacent to an activating group) is 1. The van der Waals surface area contributed by atoms with Crippen LogP contribution in [0.2, 0.25) is 0 Å². The summed E-state index contributed by atoms with van der Waals surface area (Å²) < 4.78 is 5.13. The van der Waals surface area contributed by atoms with Crippen LogP contribution < -0.4 is 15.4 Å². The zero-order chi connectivity index (χ0) is 16.7.